The summed E-state index contributed by atoms with van der Waals surface area (Å²) in [7, 11) is 0. The Hall–Kier alpha value is -1.88. The number of ether oxygens (including phenoxy) is 1. The second-order valence-electron chi connectivity index (χ2n) is 6.47. The summed E-state index contributed by atoms with van der Waals surface area (Å²) < 4.78 is 18.7. The van der Waals surface area contributed by atoms with Crippen molar-refractivity contribution in [2.24, 2.45) is 0 Å². The van der Waals surface area contributed by atoms with Crippen LogP contribution in [0.4, 0.5) is 4.39 Å². The third kappa shape index (κ3) is 5.80. The summed E-state index contributed by atoms with van der Waals surface area (Å²) in [4.78, 5) is 14.5. The van der Waals surface area contributed by atoms with Gasteiger partial charge in [-0.3, -0.25) is 4.79 Å². The van der Waals surface area contributed by atoms with Gasteiger partial charge < -0.3 is 9.64 Å². The number of carbonyl (C=O) groups is 1. The molecule has 0 radical (unpaired) electrons. The number of halogens is 3. The van der Waals surface area contributed by atoms with E-state index in [0.29, 0.717) is 23.1 Å². The van der Waals surface area contributed by atoms with Gasteiger partial charge >= 0.3 is 0 Å². The molecule has 0 aliphatic carbocycles. The lowest BCUT2D eigenvalue weighted by Gasteiger charge is -2.25. The van der Waals surface area contributed by atoms with Crippen molar-refractivity contribution in [3.05, 3.63) is 75.5 Å². The Kier molecular flexibility index (Phi) is 6.89. The van der Waals surface area contributed by atoms with E-state index in [1.807, 2.05) is 6.07 Å². The second-order valence-corrected chi connectivity index (χ2v) is 7.32. The number of rotatable bonds is 6. The lowest BCUT2D eigenvalue weighted by atomic mass is 10.1. The molecule has 0 aromatic heterocycles. The Labute approximate surface area is 168 Å². The van der Waals surface area contributed by atoms with Crippen molar-refractivity contribution in [1.29, 1.82) is 0 Å². The summed E-state index contributed by atoms with van der Waals surface area (Å²) >= 11 is 12.2. The molecular weight excluding hydrogens is 388 g/mol. The molecule has 1 amide bonds. The molecule has 6 heteroatoms. The van der Waals surface area contributed by atoms with Gasteiger partial charge in [-0.25, -0.2) is 4.39 Å². The molecule has 2 aromatic carbocycles. The zero-order chi connectivity index (χ0) is 19.2. The molecule has 1 heterocycles. The van der Waals surface area contributed by atoms with Crippen molar-refractivity contribution >= 4 is 35.2 Å². The minimum Gasteiger partial charge on any atom is -0.376 e. The zero-order valence-corrected chi connectivity index (χ0v) is 16.2. The summed E-state index contributed by atoms with van der Waals surface area (Å²) in [5, 5.41) is 1.08. The summed E-state index contributed by atoms with van der Waals surface area (Å²) in [5.41, 5.74) is 1.58. The van der Waals surface area contributed by atoms with Gasteiger partial charge in [0.15, 0.2) is 0 Å². The number of nitrogens with zero attached hydrogens (tertiary/aromatic N) is 1. The fourth-order valence-corrected chi connectivity index (χ4v) is 3.44. The summed E-state index contributed by atoms with van der Waals surface area (Å²) in [6, 6.07) is 11.2. The van der Waals surface area contributed by atoms with Crippen molar-refractivity contribution in [1.82, 2.24) is 4.90 Å². The van der Waals surface area contributed by atoms with Gasteiger partial charge in [-0.05, 0) is 54.3 Å². The van der Waals surface area contributed by atoms with E-state index in [9.17, 15) is 9.18 Å². The maximum Gasteiger partial charge on any atom is 0.246 e. The molecule has 3 nitrogen and oxygen atoms in total. The highest BCUT2D eigenvalue weighted by atomic mass is 35.5. The average molecular weight is 408 g/mol. The molecule has 142 valence electrons. The van der Waals surface area contributed by atoms with E-state index in [2.05, 4.69) is 0 Å². The SMILES string of the molecule is O=C(/C=C/c1ccc(F)cc1)N(Cc1ccc(Cl)cc1Cl)C[C@H]1CCCO1. The molecule has 1 aliphatic rings. The summed E-state index contributed by atoms with van der Waals surface area (Å²) in [6.45, 7) is 1.58. The third-order valence-corrected chi connectivity index (χ3v) is 5.01. The van der Waals surface area contributed by atoms with Crippen molar-refractivity contribution < 1.29 is 13.9 Å². The third-order valence-electron chi connectivity index (χ3n) is 4.42. The second kappa shape index (κ2) is 9.36. The molecule has 1 fully saturated rings. The van der Waals surface area contributed by atoms with Gasteiger partial charge in [0.1, 0.15) is 5.82 Å². The van der Waals surface area contributed by atoms with Crippen LogP contribution in [0.2, 0.25) is 10.0 Å². The summed E-state index contributed by atoms with van der Waals surface area (Å²) in [5.74, 6) is -0.461. The molecule has 2 aromatic rings. The molecule has 1 saturated heterocycles. The van der Waals surface area contributed by atoms with E-state index in [1.54, 1.807) is 35.2 Å². The fourth-order valence-electron chi connectivity index (χ4n) is 2.97. The monoisotopic (exact) mass is 407 g/mol. The largest absolute Gasteiger partial charge is 0.376 e. The van der Waals surface area contributed by atoms with Gasteiger partial charge in [0.25, 0.3) is 0 Å². The molecule has 0 unspecified atom stereocenters. The van der Waals surface area contributed by atoms with Gasteiger partial charge in [-0.2, -0.15) is 0 Å². The van der Waals surface area contributed by atoms with Crippen LogP contribution >= 0.6 is 23.2 Å². The number of amides is 1. The standard InChI is InChI=1S/C21H20Cl2FNO2/c22-17-7-6-16(20(23)12-17)13-25(14-19-2-1-11-27-19)21(26)10-5-15-3-8-18(24)9-4-15/h3-10,12,19H,1-2,11,13-14H2/b10-5+/t19-/m1/s1. The van der Waals surface area contributed by atoms with E-state index in [-0.39, 0.29) is 17.8 Å². The lowest BCUT2D eigenvalue weighted by Crippen LogP contribution is -2.36. The number of hydrogen-bond acceptors (Lipinski definition) is 2. The van der Waals surface area contributed by atoms with Crippen molar-refractivity contribution in [3.8, 4) is 0 Å². The first-order chi connectivity index (χ1) is 13.0. The number of benzene rings is 2. The van der Waals surface area contributed by atoms with E-state index < -0.39 is 0 Å². The van der Waals surface area contributed by atoms with Crippen LogP contribution in [0.3, 0.4) is 0 Å². The molecular formula is C21H20Cl2FNO2. The topological polar surface area (TPSA) is 29.5 Å². The minimum atomic E-state index is -0.309. The van der Waals surface area contributed by atoms with E-state index in [4.69, 9.17) is 27.9 Å². The number of carbonyl (C=O) groups excluding carboxylic acids is 1. The van der Waals surface area contributed by atoms with E-state index >= 15 is 0 Å². The quantitative estimate of drug-likeness (QED) is 0.603. The number of hydrogen-bond donors (Lipinski definition) is 0. The normalized spacial score (nSPS) is 16.8. The maximum atomic E-state index is 13.0. The van der Waals surface area contributed by atoms with Crippen LogP contribution in [-0.2, 0) is 16.1 Å². The van der Waals surface area contributed by atoms with Crippen molar-refractivity contribution in [2.45, 2.75) is 25.5 Å². The molecule has 3 rings (SSSR count). The van der Waals surface area contributed by atoms with Crippen molar-refractivity contribution in [2.75, 3.05) is 13.2 Å². The van der Waals surface area contributed by atoms with Crippen LogP contribution in [0.15, 0.2) is 48.5 Å². The first kappa shape index (κ1) is 19.9. The van der Waals surface area contributed by atoms with Crippen LogP contribution in [0.1, 0.15) is 24.0 Å². The Morgan fingerprint density at radius 2 is 2.00 bits per heavy atom. The van der Waals surface area contributed by atoms with Crippen molar-refractivity contribution in [3.63, 3.8) is 0 Å². The average Bonchev–Trinajstić information content (AvgIpc) is 3.15. The highest BCUT2D eigenvalue weighted by Gasteiger charge is 2.22. The molecule has 0 saturated carbocycles. The molecule has 0 N–H and O–H groups in total. The Morgan fingerprint density at radius 3 is 2.67 bits per heavy atom. The van der Waals surface area contributed by atoms with Gasteiger partial charge in [0.05, 0.1) is 6.10 Å². The first-order valence-corrected chi connectivity index (χ1v) is 9.55. The molecule has 27 heavy (non-hydrogen) atoms. The summed E-state index contributed by atoms with van der Waals surface area (Å²) in [6.07, 6.45) is 5.12. The highest BCUT2D eigenvalue weighted by Crippen LogP contribution is 2.23. The maximum absolute atomic E-state index is 13.0. The van der Waals surface area contributed by atoms with Gasteiger partial charge in [-0.1, -0.05) is 41.4 Å². The first-order valence-electron chi connectivity index (χ1n) is 8.79. The zero-order valence-electron chi connectivity index (χ0n) is 14.7. The van der Waals surface area contributed by atoms with Crippen LogP contribution < -0.4 is 0 Å². The van der Waals surface area contributed by atoms with Crippen LogP contribution in [0.5, 0.6) is 0 Å². The van der Waals surface area contributed by atoms with Crippen LogP contribution in [0, 0.1) is 5.82 Å². The molecule has 0 spiro atoms. The molecule has 1 atom stereocenters. The predicted octanol–water partition coefficient (Wildman–Crippen LogP) is 5.35. The van der Waals surface area contributed by atoms with E-state index in [1.165, 1.54) is 18.2 Å². The van der Waals surface area contributed by atoms with Crippen LogP contribution in [-0.4, -0.2) is 30.1 Å². The smallest absolute Gasteiger partial charge is 0.246 e. The van der Waals surface area contributed by atoms with Gasteiger partial charge in [0.2, 0.25) is 5.91 Å². The van der Waals surface area contributed by atoms with E-state index in [0.717, 1.165) is 30.6 Å². The fraction of sp³-hybridized carbons (Fsp3) is 0.286. The van der Waals surface area contributed by atoms with Crippen LogP contribution in [0.25, 0.3) is 6.08 Å². The van der Waals surface area contributed by atoms with Gasteiger partial charge in [0, 0.05) is 35.8 Å². The molecule has 1 aliphatic heterocycles. The molecule has 0 bridgehead atoms. The Morgan fingerprint density at radius 1 is 1.22 bits per heavy atom. The lowest BCUT2D eigenvalue weighted by molar-refractivity contribution is -0.128. The minimum absolute atomic E-state index is 0.0271. The Bertz CT molecular complexity index is 817. The predicted molar refractivity (Wildman–Crippen MR) is 106 cm³/mol. The Balaban J connectivity index is 1.75. The highest BCUT2D eigenvalue weighted by molar-refractivity contribution is 6.35. The van der Waals surface area contributed by atoms with Gasteiger partial charge in [-0.15, -0.1) is 0 Å².